The van der Waals surface area contributed by atoms with Crippen molar-refractivity contribution in [2.45, 2.75) is 16.9 Å². The average molecular weight is 259 g/mol. The highest BCUT2D eigenvalue weighted by molar-refractivity contribution is 7.99. The summed E-state index contributed by atoms with van der Waals surface area (Å²) in [6.45, 7) is 0. The Morgan fingerprint density at radius 2 is 2.28 bits per heavy atom. The van der Waals surface area contributed by atoms with Gasteiger partial charge in [0.05, 0.1) is 6.20 Å². The minimum atomic E-state index is 0.342. The summed E-state index contributed by atoms with van der Waals surface area (Å²) in [4.78, 5) is 1.42. The van der Waals surface area contributed by atoms with Gasteiger partial charge < -0.3 is 5.32 Å². The molecule has 0 saturated carbocycles. The Labute approximate surface area is 112 Å². The Hall–Kier alpha value is -1.26. The van der Waals surface area contributed by atoms with Crippen molar-refractivity contribution in [1.82, 2.24) is 15.1 Å². The Bertz CT molecular complexity index is 549. The zero-order chi connectivity index (χ0) is 12.5. The highest BCUT2D eigenvalue weighted by Gasteiger charge is 2.30. The van der Waals surface area contributed by atoms with E-state index in [1.807, 2.05) is 36.7 Å². The number of aromatic nitrogens is 2. The predicted molar refractivity (Wildman–Crippen MR) is 74.9 cm³/mol. The standard InChI is InChI=1S/C14H17N3S/c1-15-14(10-7-16-17(2)8-10)12-9-18-13-6-4-3-5-11(12)13/h3-8,12,14-15H,9H2,1-2H3. The SMILES string of the molecule is CNC(c1cnn(C)c1)C1CSc2ccccc21. The molecule has 0 amide bonds. The van der Waals surface area contributed by atoms with Crippen LogP contribution in [-0.4, -0.2) is 22.6 Å². The van der Waals surface area contributed by atoms with Crippen LogP contribution in [0.5, 0.6) is 0 Å². The van der Waals surface area contributed by atoms with E-state index in [-0.39, 0.29) is 0 Å². The number of thioether (sulfide) groups is 1. The molecule has 3 nitrogen and oxygen atoms in total. The minimum Gasteiger partial charge on any atom is -0.312 e. The van der Waals surface area contributed by atoms with Crippen molar-refractivity contribution in [3.05, 3.63) is 47.8 Å². The van der Waals surface area contributed by atoms with Gasteiger partial charge in [-0.05, 0) is 18.7 Å². The third kappa shape index (κ3) is 1.95. The average Bonchev–Trinajstić information content (AvgIpc) is 2.98. The van der Waals surface area contributed by atoms with Crippen molar-refractivity contribution in [3.63, 3.8) is 0 Å². The molecule has 0 spiro atoms. The van der Waals surface area contributed by atoms with Gasteiger partial charge in [0.25, 0.3) is 0 Å². The maximum atomic E-state index is 4.28. The van der Waals surface area contributed by atoms with E-state index in [1.54, 1.807) is 0 Å². The van der Waals surface area contributed by atoms with Gasteiger partial charge in [-0.3, -0.25) is 4.68 Å². The van der Waals surface area contributed by atoms with Crippen LogP contribution in [0.3, 0.4) is 0 Å². The number of hydrogen-bond acceptors (Lipinski definition) is 3. The molecule has 0 radical (unpaired) electrons. The molecule has 1 aromatic carbocycles. The summed E-state index contributed by atoms with van der Waals surface area (Å²) in [7, 11) is 4.00. The Balaban J connectivity index is 1.95. The van der Waals surface area contributed by atoms with Gasteiger partial charge in [0, 0.05) is 41.4 Å². The van der Waals surface area contributed by atoms with E-state index in [9.17, 15) is 0 Å². The molecule has 2 aromatic rings. The Morgan fingerprint density at radius 1 is 1.44 bits per heavy atom. The van der Waals surface area contributed by atoms with Crippen LogP contribution < -0.4 is 5.32 Å². The van der Waals surface area contributed by atoms with Crippen LogP contribution in [-0.2, 0) is 7.05 Å². The number of fused-ring (bicyclic) bond motifs is 1. The van der Waals surface area contributed by atoms with Crippen LogP contribution in [0.1, 0.15) is 23.1 Å². The summed E-state index contributed by atoms with van der Waals surface area (Å²) in [6, 6.07) is 9.06. The summed E-state index contributed by atoms with van der Waals surface area (Å²) in [6.07, 6.45) is 4.07. The van der Waals surface area contributed by atoms with Gasteiger partial charge in [0.1, 0.15) is 0 Å². The maximum Gasteiger partial charge on any atom is 0.0537 e. The second-order valence-corrected chi connectivity index (χ2v) is 5.73. The molecular weight excluding hydrogens is 242 g/mol. The van der Waals surface area contributed by atoms with Crippen LogP contribution in [0, 0.1) is 0 Å². The van der Waals surface area contributed by atoms with E-state index in [0.29, 0.717) is 12.0 Å². The molecule has 0 aliphatic carbocycles. The third-order valence-corrected chi connectivity index (χ3v) is 4.74. The first-order valence-corrected chi connectivity index (χ1v) is 7.15. The monoisotopic (exact) mass is 259 g/mol. The molecule has 1 aliphatic rings. The predicted octanol–water partition coefficient (Wildman–Crippen LogP) is 2.57. The van der Waals surface area contributed by atoms with Crippen LogP contribution in [0.4, 0.5) is 0 Å². The van der Waals surface area contributed by atoms with E-state index in [1.165, 1.54) is 16.0 Å². The number of aryl methyl sites for hydroxylation is 1. The van der Waals surface area contributed by atoms with Gasteiger partial charge in [-0.2, -0.15) is 5.10 Å². The molecule has 2 atom stereocenters. The van der Waals surface area contributed by atoms with Gasteiger partial charge in [-0.15, -0.1) is 11.8 Å². The molecule has 2 heterocycles. The number of rotatable bonds is 3. The van der Waals surface area contributed by atoms with Crippen LogP contribution in [0.25, 0.3) is 0 Å². The number of nitrogens with one attached hydrogen (secondary N) is 1. The molecule has 2 unspecified atom stereocenters. The zero-order valence-corrected chi connectivity index (χ0v) is 11.4. The first kappa shape index (κ1) is 11.8. The number of hydrogen-bond donors (Lipinski definition) is 1. The zero-order valence-electron chi connectivity index (χ0n) is 10.6. The van der Waals surface area contributed by atoms with Crippen LogP contribution in [0.15, 0.2) is 41.6 Å². The largest absolute Gasteiger partial charge is 0.312 e. The fourth-order valence-corrected chi connectivity index (χ4v) is 3.96. The minimum absolute atomic E-state index is 0.342. The molecule has 0 saturated heterocycles. The maximum absolute atomic E-state index is 4.28. The van der Waals surface area contributed by atoms with Gasteiger partial charge >= 0.3 is 0 Å². The van der Waals surface area contributed by atoms with Crippen molar-refractivity contribution in [3.8, 4) is 0 Å². The lowest BCUT2D eigenvalue weighted by Crippen LogP contribution is -2.23. The normalized spacial score (nSPS) is 19.8. The smallest absolute Gasteiger partial charge is 0.0537 e. The van der Waals surface area contributed by atoms with E-state index < -0.39 is 0 Å². The molecule has 94 valence electrons. The summed E-state index contributed by atoms with van der Waals surface area (Å²) >= 11 is 1.95. The van der Waals surface area contributed by atoms with Crippen molar-refractivity contribution in [2.75, 3.05) is 12.8 Å². The second kappa shape index (κ2) is 4.78. The summed E-state index contributed by atoms with van der Waals surface area (Å²) in [5.41, 5.74) is 2.73. The molecular formula is C14H17N3S. The fraction of sp³-hybridized carbons (Fsp3) is 0.357. The van der Waals surface area contributed by atoms with Gasteiger partial charge in [0.15, 0.2) is 0 Å². The second-order valence-electron chi connectivity index (χ2n) is 4.67. The summed E-state index contributed by atoms with van der Waals surface area (Å²) < 4.78 is 1.87. The lowest BCUT2D eigenvalue weighted by atomic mass is 9.90. The lowest BCUT2D eigenvalue weighted by Gasteiger charge is -2.22. The molecule has 18 heavy (non-hydrogen) atoms. The Morgan fingerprint density at radius 3 is 3.00 bits per heavy atom. The van der Waals surface area contributed by atoms with Gasteiger partial charge in [-0.25, -0.2) is 0 Å². The van der Waals surface area contributed by atoms with Gasteiger partial charge in [0.2, 0.25) is 0 Å². The molecule has 0 fully saturated rings. The van der Waals surface area contributed by atoms with Crippen molar-refractivity contribution < 1.29 is 0 Å². The first-order valence-electron chi connectivity index (χ1n) is 6.17. The quantitative estimate of drug-likeness (QED) is 0.919. The number of likely N-dealkylation sites (N-methyl/N-ethyl adjacent to an activating group) is 1. The van der Waals surface area contributed by atoms with E-state index >= 15 is 0 Å². The van der Waals surface area contributed by atoms with E-state index in [0.717, 1.165) is 5.75 Å². The molecule has 3 rings (SSSR count). The van der Waals surface area contributed by atoms with Crippen LogP contribution in [0.2, 0.25) is 0 Å². The molecule has 1 N–H and O–H groups in total. The lowest BCUT2D eigenvalue weighted by molar-refractivity contribution is 0.514. The Kier molecular flexibility index (Phi) is 3.14. The molecule has 1 aromatic heterocycles. The van der Waals surface area contributed by atoms with Crippen molar-refractivity contribution >= 4 is 11.8 Å². The highest BCUT2D eigenvalue weighted by Crippen LogP contribution is 2.45. The van der Waals surface area contributed by atoms with Gasteiger partial charge in [-0.1, -0.05) is 18.2 Å². The topological polar surface area (TPSA) is 29.9 Å². The molecule has 1 aliphatic heterocycles. The van der Waals surface area contributed by atoms with E-state index in [2.05, 4.69) is 40.9 Å². The number of nitrogens with zero attached hydrogens (tertiary/aromatic N) is 2. The molecule has 0 bridgehead atoms. The van der Waals surface area contributed by atoms with Crippen molar-refractivity contribution in [2.24, 2.45) is 7.05 Å². The highest BCUT2D eigenvalue weighted by atomic mass is 32.2. The van der Waals surface area contributed by atoms with Crippen LogP contribution >= 0.6 is 11.8 Å². The summed E-state index contributed by atoms with van der Waals surface area (Å²) in [5.74, 6) is 1.67. The van der Waals surface area contributed by atoms with Crippen molar-refractivity contribution in [1.29, 1.82) is 0 Å². The summed E-state index contributed by atoms with van der Waals surface area (Å²) in [5, 5.41) is 7.73. The number of benzene rings is 1. The fourth-order valence-electron chi connectivity index (χ4n) is 2.66. The molecule has 4 heteroatoms. The third-order valence-electron chi connectivity index (χ3n) is 3.53. The first-order chi connectivity index (χ1) is 8.79. The van der Waals surface area contributed by atoms with E-state index in [4.69, 9.17) is 0 Å².